The molecule has 2 aromatic carbocycles. The van der Waals surface area contributed by atoms with Gasteiger partial charge in [0.15, 0.2) is 0 Å². The van der Waals surface area contributed by atoms with E-state index in [-0.39, 0.29) is 6.54 Å². The summed E-state index contributed by atoms with van der Waals surface area (Å²) in [6, 6.07) is 14.8. The number of benzene rings is 2. The van der Waals surface area contributed by atoms with Crippen molar-refractivity contribution in [3.8, 4) is 0 Å². The van der Waals surface area contributed by atoms with E-state index in [0.717, 1.165) is 10.5 Å². The minimum atomic E-state index is -1.37. The summed E-state index contributed by atoms with van der Waals surface area (Å²) in [7, 11) is 0. The molecule has 7 nitrogen and oxygen atoms in total. The van der Waals surface area contributed by atoms with Gasteiger partial charge in [0.1, 0.15) is 18.4 Å². The molecule has 1 aliphatic rings. The van der Waals surface area contributed by atoms with Crippen molar-refractivity contribution in [1.29, 1.82) is 0 Å². The number of hydrogen-bond acceptors (Lipinski definition) is 4. The molecule has 0 aromatic heterocycles. The van der Waals surface area contributed by atoms with E-state index in [2.05, 4.69) is 0 Å². The average molecular weight is 366 g/mol. The van der Waals surface area contributed by atoms with Gasteiger partial charge in [0.2, 0.25) is 0 Å². The quantitative estimate of drug-likeness (QED) is 0.625. The largest absolute Gasteiger partial charge is 0.480 e. The van der Waals surface area contributed by atoms with Crippen LogP contribution in [0.2, 0.25) is 0 Å². The van der Waals surface area contributed by atoms with Gasteiger partial charge in [0.05, 0.1) is 0 Å². The maximum absolute atomic E-state index is 13.1. The van der Waals surface area contributed by atoms with E-state index in [0.29, 0.717) is 17.4 Å². The zero-order chi connectivity index (χ0) is 19.6. The molecular weight excluding hydrogens is 348 g/mol. The van der Waals surface area contributed by atoms with Crippen molar-refractivity contribution in [2.24, 2.45) is 0 Å². The van der Waals surface area contributed by atoms with Gasteiger partial charge in [-0.1, -0.05) is 54.6 Å². The molecule has 0 radical (unpaired) electrons. The summed E-state index contributed by atoms with van der Waals surface area (Å²) < 4.78 is 0. The van der Waals surface area contributed by atoms with Gasteiger partial charge in [0, 0.05) is 12.1 Å². The topological polar surface area (TPSA) is 95.0 Å². The van der Waals surface area contributed by atoms with Gasteiger partial charge in [0.25, 0.3) is 5.91 Å². The number of carboxylic acids is 1. The van der Waals surface area contributed by atoms with Gasteiger partial charge in [-0.15, -0.1) is 0 Å². The molecule has 27 heavy (non-hydrogen) atoms. The van der Waals surface area contributed by atoms with E-state index in [1.165, 1.54) is 4.90 Å². The number of hydrogen-bond donors (Lipinski definition) is 1. The Labute approximate surface area is 155 Å². The number of carbonyl (C=O) groups excluding carboxylic acids is 3. The van der Waals surface area contributed by atoms with Crippen LogP contribution in [-0.4, -0.2) is 45.6 Å². The fourth-order valence-corrected chi connectivity index (χ4v) is 3.23. The summed E-state index contributed by atoms with van der Waals surface area (Å²) in [5, 5.41) is 9.09. The second kappa shape index (κ2) is 7.03. The zero-order valence-electron chi connectivity index (χ0n) is 14.7. The number of rotatable bonds is 6. The Balaban J connectivity index is 2.06. The summed E-state index contributed by atoms with van der Waals surface area (Å²) in [6.07, 6.45) is 0.687. The standard InChI is InChI=1S/C20H18N2O5/c1-20(16-9-7-15(13-23)8-10-16)18(26)21(12-17(24)25)19(27)22(20)11-14-5-3-2-4-6-14/h2-10,13H,11-12H2,1H3,(H,24,25)/t20-/m0/s1. The Kier molecular flexibility index (Phi) is 4.77. The highest BCUT2D eigenvalue weighted by Crippen LogP contribution is 2.38. The lowest BCUT2D eigenvalue weighted by Crippen LogP contribution is -2.44. The number of carboxylic acid groups (broad SMARTS) is 1. The smallest absolute Gasteiger partial charge is 0.328 e. The molecule has 0 unspecified atom stereocenters. The van der Waals surface area contributed by atoms with Crippen molar-refractivity contribution in [1.82, 2.24) is 9.80 Å². The second-order valence-corrected chi connectivity index (χ2v) is 6.45. The molecule has 3 rings (SSSR count). The van der Waals surface area contributed by atoms with Gasteiger partial charge >= 0.3 is 12.0 Å². The lowest BCUT2D eigenvalue weighted by Gasteiger charge is -2.32. The van der Waals surface area contributed by atoms with Crippen LogP contribution < -0.4 is 0 Å². The molecule has 7 heteroatoms. The van der Waals surface area contributed by atoms with Crippen LogP contribution in [0.15, 0.2) is 54.6 Å². The van der Waals surface area contributed by atoms with E-state index in [1.807, 2.05) is 30.3 Å². The summed E-state index contributed by atoms with van der Waals surface area (Å²) in [5.41, 5.74) is 0.391. The molecule has 0 aliphatic carbocycles. The maximum atomic E-state index is 13.1. The minimum absolute atomic E-state index is 0.146. The number of nitrogens with zero attached hydrogens (tertiary/aromatic N) is 2. The minimum Gasteiger partial charge on any atom is -0.480 e. The molecule has 0 bridgehead atoms. The van der Waals surface area contributed by atoms with Gasteiger partial charge in [-0.05, 0) is 18.1 Å². The maximum Gasteiger partial charge on any atom is 0.328 e. The van der Waals surface area contributed by atoms with E-state index in [9.17, 15) is 19.2 Å². The third-order valence-electron chi connectivity index (χ3n) is 4.75. The molecule has 138 valence electrons. The Morgan fingerprint density at radius 2 is 1.70 bits per heavy atom. The number of imide groups is 1. The zero-order valence-corrected chi connectivity index (χ0v) is 14.7. The molecule has 1 N–H and O–H groups in total. The average Bonchev–Trinajstić information content (AvgIpc) is 2.85. The third kappa shape index (κ3) is 3.19. The first-order valence-electron chi connectivity index (χ1n) is 8.33. The monoisotopic (exact) mass is 366 g/mol. The highest BCUT2D eigenvalue weighted by molar-refractivity contribution is 6.08. The van der Waals surface area contributed by atoms with Crippen molar-refractivity contribution >= 4 is 24.2 Å². The van der Waals surface area contributed by atoms with Gasteiger partial charge in [-0.3, -0.25) is 19.3 Å². The molecule has 0 spiro atoms. The summed E-state index contributed by atoms with van der Waals surface area (Å²) in [4.78, 5) is 50.1. The first kappa shape index (κ1) is 18.3. The van der Waals surface area contributed by atoms with E-state index in [4.69, 9.17) is 5.11 Å². The first-order chi connectivity index (χ1) is 12.9. The molecule has 1 aliphatic heterocycles. The third-order valence-corrected chi connectivity index (χ3v) is 4.75. The molecule has 1 saturated heterocycles. The molecule has 0 saturated carbocycles. The Morgan fingerprint density at radius 1 is 1.07 bits per heavy atom. The van der Waals surface area contributed by atoms with Crippen molar-refractivity contribution in [3.05, 3.63) is 71.3 Å². The highest BCUT2D eigenvalue weighted by atomic mass is 16.4. The van der Waals surface area contributed by atoms with Gasteiger partial charge in [-0.2, -0.15) is 0 Å². The summed E-state index contributed by atoms with van der Waals surface area (Å²) in [6.45, 7) is 1.03. The normalized spacial score (nSPS) is 19.4. The first-order valence-corrected chi connectivity index (χ1v) is 8.33. The predicted molar refractivity (Wildman–Crippen MR) is 95.9 cm³/mol. The second-order valence-electron chi connectivity index (χ2n) is 6.45. The van der Waals surface area contributed by atoms with Crippen molar-refractivity contribution in [2.75, 3.05) is 6.54 Å². The molecule has 1 heterocycles. The Morgan fingerprint density at radius 3 is 2.26 bits per heavy atom. The predicted octanol–water partition coefficient (Wildman–Crippen LogP) is 2.26. The van der Waals surface area contributed by atoms with Gasteiger partial charge < -0.3 is 10.0 Å². The van der Waals surface area contributed by atoms with E-state index < -0.39 is 30.0 Å². The van der Waals surface area contributed by atoms with Gasteiger partial charge in [-0.25, -0.2) is 4.79 Å². The van der Waals surface area contributed by atoms with Crippen molar-refractivity contribution < 1.29 is 24.3 Å². The lowest BCUT2D eigenvalue weighted by molar-refractivity contribution is -0.143. The number of amides is 3. The van der Waals surface area contributed by atoms with Crippen LogP contribution in [0, 0.1) is 0 Å². The van der Waals surface area contributed by atoms with Crippen LogP contribution in [0.5, 0.6) is 0 Å². The highest BCUT2D eigenvalue weighted by Gasteiger charge is 2.55. The van der Waals surface area contributed by atoms with E-state index in [1.54, 1.807) is 31.2 Å². The van der Waals surface area contributed by atoms with Crippen LogP contribution in [0.1, 0.15) is 28.4 Å². The lowest BCUT2D eigenvalue weighted by atomic mass is 9.89. The fourth-order valence-electron chi connectivity index (χ4n) is 3.23. The molecule has 1 atom stereocenters. The van der Waals surface area contributed by atoms with Crippen molar-refractivity contribution in [3.63, 3.8) is 0 Å². The number of aldehydes is 1. The number of carbonyl (C=O) groups is 4. The Bertz CT molecular complexity index is 894. The van der Waals surface area contributed by atoms with Crippen LogP contribution in [0.3, 0.4) is 0 Å². The van der Waals surface area contributed by atoms with Crippen LogP contribution in [-0.2, 0) is 21.7 Å². The van der Waals surface area contributed by atoms with Crippen molar-refractivity contribution in [2.45, 2.75) is 19.0 Å². The number of aliphatic carboxylic acids is 1. The Hall–Kier alpha value is -3.48. The summed E-state index contributed by atoms with van der Waals surface area (Å²) >= 11 is 0. The molecular formula is C20H18N2O5. The fraction of sp³-hybridized carbons (Fsp3) is 0.200. The van der Waals surface area contributed by atoms with Crippen LogP contribution in [0.25, 0.3) is 0 Å². The molecule has 2 aromatic rings. The van der Waals surface area contributed by atoms with E-state index >= 15 is 0 Å². The molecule has 3 amide bonds. The van der Waals surface area contributed by atoms with Crippen LogP contribution >= 0.6 is 0 Å². The SMILES string of the molecule is C[C@]1(c2ccc(C=O)cc2)C(=O)N(CC(=O)O)C(=O)N1Cc1ccccc1. The van der Waals surface area contributed by atoms with Crippen LogP contribution in [0.4, 0.5) is 4.79 Å². The summed E-state index contributed by atoms with van der Waals surface area (Å²) in [5.74, 6) is -1.87. The number of urea groups is 1. The molecule has 1 fully saturated rings.